The highest BCUT2D eigenvalue weighted by Gasteiger charge is 2.12. The molecule has 0 aliphatic carbocycles. The number of para-hydroxylation sites is 1. The van der Waals surface area contributed by atoms with Gasteiger partial charge in [-0.15, -0.1) is 0 Å². The Labute approximate surface area is 118 Å². The number of furan rings is 1. The van der Waals surface area contributed by atoms with Crippen LogP contribution in [0.15, 0.2) is 47.1 Å². The number of nitrogens with zero attached hydrogens (tertiary/aromatic N) is 2. The van der Waals surface area contributed by atoms with Crippen LogP contribution in [0.5, 0.6) is 0 Å². The molecule has 1 N–H and O–H groups in total. The van der Waals surface area contributed by atoms with Crippen LogP contribution in [0.2, 0.25) is 0 Å². The smallest absolute Gasteiger partial charge is 0.120 e. The third-order valence-electron chi connectivity index (χ3n) is 3.58. The molecule has 0 bridgehead atoms. The van der Waals surface area contributed by atoms with Crippen molar-refractivity contribution < 1.29 is 4.42 Å². The summed E-state index contributed by atoms with van der Waals surface area (Å²) < 4.78 is 7.45. The number of nitrogens with one attached hydrogen (secondary N) is 1. The lowest BCUT2D eigenvalue weighted by atomic mass is 10.2. The van der Waals surface area contributed by atoms with Crippen LogP contribution in [0.4, 0.5) is 0 Å². The second kappa shape index (κ2) is 5.51. The summed E-state index contributed by atoms with van der Waals surface area (Å²) in [4.78, 5) is 0. The molecule has 1 unspecified atom stereocenters. The minimum absolute atomic E-state index is 0.176. The van der Waals surface area contributed by atoms with Gasteiger partial charge in [0.05, 0.1) is 23.5 Å². The summed E-state index contributed by atoms with van der Waals surface area (Å²) in [5, 5.41) is 9.36. The van der Waals surface area contributed by atoms with Gasteiger partial charge in [0.1, 0.15) is 5.76 Å². The number of hydrogen-bond donors (Lipinski definition) is 1. The summed E-state index contributed by atoms with van der Waals surface area (Å²) in [5.41, 5.74) is 2.28. The van der Waals surface area contributed by atoms with Crippen LogP contribution in [-0.2, 0) is 13.1 Å². The molecule has 0 radical (unpaired) electrons. The number of fused-ring (bicyclic) bond motifs is 1. The van der Waals surface area contributed by atoms with Gasteiger partial charge in [0, 0.05) is 18.5 Å². The first-order valence-corrected chi connectivity index (χ1v) is 7.00. The Morgan fingerprint density at radius 2 is 2.10 bits per heavy atom. The van der Waals surface area contributed by atoms with E-state index in [4.69, 9.17) is 4.42 Å². The summed E-state index contributed by atoms with van der Waals surface area (Å²) in [5.74, 6) is 0.948. The first kappa shape index (κ1) is 12.9. The zero-order chi connectivity index (χ0) is 13.9. The van der Waals surface area contributed by atoms with Gasteiger partial charge in [0.15, 0.2) is 0 Å². The van der Waals surface area contributed by atoms with Gasteiger partial charge in [-0.05, 0) is 32.0 Å². The van der Waals surface area contributed by atoms with Crippen molar-refractivity contribution in [2.24, 2.45) is 0 Å². The molecule has 0 spiro atoms. The standard InChI is InChI=1S/C16H19N3O/c1-3-19-15-8-5-4-7-13(15)14(18-19)11-17-12(2)16-9-6-10-20-16/h4-10,12,17H,3,11H2,1-2H3. The first-order chi connectivity index (χ1) is 9.79. The number of aryl methyl sites for hydroxylation is 1. The molecule has 0 fully saturated rings. The molecule has 2 heterocycles. The fourth-order valence-electron chi connectivity index (χ4n) is 2.46. The molecule has 0 aliphatic heterocycles. The zero-order valence-electron chi connectivity index (χ0n) is 11.8. The molecule has 0 aliphatic rings. The van der Waals surface area contributed by atoms with E-state index in [0.29, 0.717) is 0 Å². The average molecular weight is 269 g/mol. The second-order valence-corrected chi connectivity index (χ2v) is 4.90. The number of benzene rings is 1. The normalized spacial score (nSPS) is 12.9. The molecule has 4 nitrogen and oxygen atoms in total. The van der Waals surface area contributed by atoms with E-state index < -0.39 is 0 Å². The summed E-state index contributed by atoms with van der Waals surface area (Å²) >= 11 is 0. The predicted octanol–water partition coefficient (Wildman–Crippen LogP) is 3.50. The Kier molecular flexibility index (Phi) is 3.56. The van der Waals surface area contributed by atoms with Gasteiger partial charge in [-0.2, -0.15) is 5.10 Å². The Bertz CT molecular complexity index is 685. The minimum Gasteiger partial charge on any atom is -0.468 e. The maximum absolute atomic E-state index is 5.41. The van der Waals surface area contributed by atoms with E-state index in [0.717, 1.165) is 24.5 Å². The fourth-order valence-corrected chi connectivity index (χ4v) is 2.46. The van der Waals surface area contributed by atoms with Crippen LogP contribution in [0, 0.1) is 0 Å². The van der Waals surface area contributed by atoms with Crippen molar-refractivity contribution in [3.63, 3.8) is 0 Å². The summed E-state index contributed by atoms with van der Waals surface area (Å²) in [6.45, 7) is 5.82. The van der Waals surface area contributed by atoms with E-state index in [9.17, 15) is 0 Å². The highest BCUT2D eigenvalue weighted by atomic mass is 16.3. The topological polar surface area (TPSA) is 43.0 Å². The molecule has 3 rings (SSSR count). The van der Waals surface area contributed by atoms with Crippen molar-refractivity contribution in [3.05, 3.63) is 54.1 Å². The van der Waals surface area contributed by atoms with Crippen molar-refractivity contribution in [2.45, 2.75) is 33.0 Å². The van der Waals surface area contributed by atoms with Crippen molar-refractivity contribution >= 4 is 10.9 Å². The van der Waals surface area contributed by atoms with Crippen molar-refractivity contribution in [1.29, 1.82) is 0 Å². The van der Waals surface area contributed by atoms with E-state index in [2.05, 4.69) is 48.5 Å². The van der Waals surface area contributed by atoms with Gasteiger partial charge in [-0.1, -0.05) is 18.2 Å². The van der Waals surface area contributed by atoms with E-state index in [1.165, 1.54) is 10.9 Å². The first-order valence-electron chi connectivity index (χ1n) is 7.00. The lowest BCUT2D eigenvalue weighted by Crippen LogP contribution is -2.18. The van der Waals surface area contributed by atoms with Crippen LogP contribution in [0.25, 0.3) is 10.9 Å². The monoisotopic (exact) mass is 269 g/mol. The highest BCUT2D eigenvalue weighted by molar-refractivity contribution is 5.81. The van der Waals surface area contributed by atoms with Crippen LogP contribution in [-0.4, -0.2) is 9.78 Å². The van der Waals surface area contributed by atoms with Crippen LogP contribution in [0.1, 0.15) is 31.3 Å². The van der Waals surface area contributed by atoms with Gasteiger partial charge in [-0.3, -0.25) is 4.68 Å². The third-order valence-corrected chi connectivity index (χ3v) is 3.58. The summed E-state index contributed by atoms with van der Waals surface area (Å²) in [6, 6.07) is 12.4. The molecule has 1 atom stereocenters. The number of hydrogen-bond acceptors (Lipinski definition) is 3. The van der Waals surface area contributed by atoms with Crippen molar-refractivity contribution in [2.75, 3.05) is 0 Å². The predicted molar refractivity (Wildman–Crippen MR) is 79.4 cm³/mol. The van der Waals surface area contributed by atoms with E-state index in [1.54, 1.807) is 6.26 Å². The third kappa shape index (κ3) is 2.34. The number of rotatable bonds is 5. The Morgan fingerprint density at radius 3 is 2.85 bits per heavy atom. The van der Waals surface area contributed by atoms with Gasteiger partial charge < -0.3 is 9.73 Å². The maximum atomic E-state index is 5.41. The molecule has 2 aromatic heterocycles. The summed E-state index contributed by atoms with van der Waals surface area (Å²) in [6.07, 6.45) is 1.70. The molecule has 0 saturated carbocycles. The second-order valence-electron chi connectivity index (χ2n) is 4.90. The largest absolute Gasteiger partial charge is 0.468 e. The Balaban J connectivity index is 1.81. The minimum atomic E-state index is 0.176. The summed E-state index contributed by atoms with van der Waals surface area (Å²) in [7, 11) is 0. The zero-order valence-corrected chi connectivity index (χ0v) is 11.8. The van der Waals surface area contributed by atoms with E-state index >= 15 is 0 Å². The lowest BCUT2D eigenvalue weighted by molar-refractivity contribution is 0.428. The lowest BCUT2D eigenvalue weighted by Gasteiger charge is -2.09. The quantitative estimate of drug-likeness (QED) is 0.771. The molecular formula is C16H19N3O. The molecule has 1 aromatic carbocycles. The average Bonchev–Trinajstić information content (AvgIpc) is 3.13. The molecule has 20 heavy (non-hydrogen) atoms. The van der Waals surface area contributed by atoms with Gasteiger partial charge >= 0.3 is 0 Å². The molecule has 0 saturated heterocycles. The fraction of sp³-hybridized carbons (Fsp3) is 0.312. The van der Waals surface area contributed by atoms with Crippen LogP contribution in [0.3, 0.4) is 0 Å². The molecule has 4 heteroatoms. The van der Waals surface area contributed by atoms with E-state index in [1.807, 2.05) is 16.8 Å². The van der Waals surface area contributed by atoms with Crippen molar-refractivity contribution in [3.8, 4) is 0 Å². The van der Waals surface area contributed by atoms with Gasteiger partial charge in [-0.25, -0.2) is 0 Å². The van der Waals surface area contributed by atoms with Crippen LogP contribution >= 0.6 is 0 Å². The highest BCUT2D eigenvalue weighted by Crippen LogP contribution is 2.19. The van der Waals surface area contributed by atoms with Crippen molar-refractivity contribution in [1.82, 2.24) is 15.1 Å². The number of aromatic nitrogens is 2. The molecular weight excluding hydrogens is 250 g/mol. The van der Waals surface area contributed by atoms with Gasteiger partial charge in [0.25, 0.3) is 0 Å². The molecule has 0 amide bonds. The SMILES string of the molecule is CCn1nc(CNC(C)c2ccco2)c2ccccc21. The Hall–Kier alpha value is -2.07. The van der Waals surface area contributed by atoms with Gasteiger partial charge in [0.2, 0.25) is 0 Å². The van der Waals surface area contributed by atoms with Crippen LogP contribution < -0.4 is 5.32 Å². The Morgan fingerprint density at radius 1 is 1.25 bits per heavy atom. The molecule has 3 aromatic rings. The maximum Gasteiger partial charge on any atom is 0.120 e. The molecule has 104 valence electrons. The van der Waals surface area contributed by atoms with E-state index in [-0.39, 0.29) is 6.04 Å².